The second-order valence-corrected chi connectivity index (χ2v) is 4.04. The van der Waals surface area contributed by atoms with Gasteiger partial charge in [-0.25, -0.2) is 9.78 Å². The highest BCUT2D eigenvalue weighted by Gasteiger charge is 1.99. The van der Waals surface area contributed by atoms with E-state index in [2.05, 4.69) is 27.4 Å². The fourth-order valence-corrected chi connectivity index (χ4v) is 1.54. The molecule has 0 unspecified atom stereocenters. The lowest BCUT2D eigenvalue weighted by molar-refractivity contribution is 0.317. The predicted octanol–water partition coefficient (Wildman–Crippen LogP) is 2.00. The third kappa shape index (κ3) is 3.94. The van der Waals surface area contributed by atoms with Crippen LogP contribution in [0.25, 0.3) is 0 Å². The zero-order valence-corrected chi connectivity index (χ0v) is 11.2. The largest absolute Gasteiger partial charge is 0.493 e. The van der Waals surface area contributed by atoms with Crippen LogP contribution in [0.3, 0.4) is 0 Å². The standard InChI is InChI=1S/C14H16N4O2/c1-2-9-20-12-6-4-3-5-11(12)10-16-18-13-7-8-15-14(19)17-13/h3-8,10H,2,9H2,1H3,(H2,15,17,18,19)/b16-10-. The first kappa shape index (κ1) is 13.8. The summed E-state index contributed by atoms with van der Waals surface area (Å²) in [6.07, 6.45) is 4.00. The summed E-state index contributed by atoms with van der Waals surface area (Å²) in [5.74, 6) is 1.26. The van der Waals surface area contributed by atoms with Crippen LogP contribution >= 0.6 is 0 Å². The van der Waals surface area contributed by atoms with Gasteiger partial charge in [0.25, 0.3) is 0 Å². The van der Waals surface area contributed by atoms with Crippen LogP contribution in [0.1, 0.15) is 18.9 Å². The Labute approximate surface area is 116 Å². The average Bonchev–Trinajstić information content (AvgIpc) is 2.46. The Morgan fingerprint density at radius 3 is 3.05 bits per heavy atom. The molecule has 0 aliphatic carbocycles. The molecule has 0 saturated carbocycles. The van der Waals surface area contributed by atoms with E-state index in [1.807, 2.05) is 24.3 Å². The summed E-state index contributed by atoms with van der Waals surface area (Å²) in [6, 6.07) is 9.25. The van der Waals surface area contributed by atoms with E-state index < -0.39 is 5.69 Å². The van der Waals surface area contributed by atoms with Crippen LogP contribution in [0.15, 0.2) is 46.4 Å². The molecule has 0 aliphatic heterocycles. The van der Waals surface area contributed by atoms with Gasteiger partial charge in [0.1, 0.15) is 11.6 Å². The molecule has 1 aromatic heterocycles. The predicted molar refractivity (Wildman–Crippen MR) is 78.3 cm³/mol. The molecular formula is C14H16N4O2. The van der Waals surface area contributed by atoms with Crippen molar-refractivity contribution < 1.29 is 4.74 Å². The molecular weight excluding hydrogens is 256 g/mol. The summed E-state index contributed by atoms with van der Waals surface area (Å²) < 4.78 is 5.62. The lowest BCUT2D eigenvalue weighted by Gasteiger charge is -2.07. The van der Waals surface area contributed by atoms with Crippen LogP contribution in [-0.2, 0) is 0 Å². The van der Waals surface area contributed by atoms with Crippen LogP contribution in [0.2, 0.25) is 0 Å². The summed E-state index contributed by atoms with van der Waals surface area (Å²) in [5, 5.41) is 4.07. The van der Waals surface area contributed by atoms with Gasteiger partial charge in [-0.3, -0.25) is 10.4 Å². The number of anilines is 1. The molecule has 1 heterocycles. The first-order valence-corrected chi connectivity index (χ1v) is 6.36. The van der Waals surface area contributed by atoms with Gasteiger partial charge in [0, 0.05) is 11.8 Å². The molecule has 6 heteroatoms. The van der Waals surface area contributed by atoms with Crippen LogP contribution in [0, 0.1) is 0 Å². The molecule has 0 saturated heterocycles. The Kier molecular flexibility index (Phi) is 4.88. The highest BCUT2D eigenvalue weighted by molar-refractivity contribution is 5.83. The normalized spacial score (nSPS) is 10.7. The Bertz CT molecular complexity index is 637. The first-order valence-electron chi connectivity index (χ1n) is 6.36. The Morgan fingerprint density at radius 1 is 1.40 bits per heavy atom. The molecule has 0 spiro atoms. The third-order valence-corrected chi connectivity index (χ3v) is 2.44. The fourth-order valence-electron chi connectivity index (χ4n) is 1.54. The molecule has 0 aliphatic rings. The van der Waals surface area contributed by atoms with Crippen LogP contribution in [-0.4, -0.2) is 22.8 Å². The molecule has 0 amide bonds. The number of hydrogen-bond acceptors (Lipinski definition) is 5. The lowest BCUT2D eigenvalue weighted by Crippen LogP contribution is -2.10. The highest BCUT2D eigenvalue weighted by Crippen LogP contribution is 2.16. The van der Waals surface area contributed by atoms with E-state index >= 15 is 0 Å². The first-order chi connectivity index (χ1) is 9.79. The minimum atomic E-state index is -0.420. The van der Waals surface area contributed by atoms with E-state index in [0.29, 0.717) is 12.4 Å². The number of hydrogen-bond donors (Lipinski definition) is 2. The van der Waals surface area contributed by atoms with Crippen LogP contribution in [0.5, 0.6) is 5.75 Å². The van der Waals surface area contributed by atoms with Crippen molar-refractivity contribution in [2.45, 2.75) is 13.3 Å². The summed E-state index contributed by atoms with van der Waals surface area (Å²) >= 11 is 0. The van der Waals surface area contributed by atoms with E-state index in [0.717, 1.165) is 17.7 Å². The smallest absolute Gasteiger partial charge is 0.346 e. The number of para-hydroxylation sites is 1. The van der Waals surface area contributed by atoms with E-state index in [9.17, 15) is 4.79 Å². The molecule has 104 valence electrons. The number of hydrazone groups is 1. The Morgan fingerprint density at radius 2 is 2.25 bits per heavy atom. The summed E-state index contributed by atoms with van der Waals surface area (Å²) in [4.78, 5) is 17.1. The second kappa shape index (κ2) is 7.08. The van der Waals surface area contributed by atoms with Gasteiger partial charge in [-0.15, -0.1) is 0 Å². The monoisotopic (exact) mass is 272 g/mol. The number of nitrogens with zero attached hydrogens (tertiary/aromatic N) is 2. The topological polar surface area (TPSA) is 79.4 Å². The number of rotatable bonds is 6. The molecule has 2 N–H and O–H groups in total. The van der Waals surface area contributed by atoms with Crippen LogP contribution < -0.4 is 15.9 Å². The minimum Gasteiger partial charge on any atom is -0.493 e. The maximum atomic E-state index is 11.0. The Balaban J connectivity index is 2.05. The van der Waals surface area contributed by atoms with Crippen molar-refractivity contribution in [3.63, 3.8) is 0 Å². The van der Waals surface area contributed by atoms with Crippen molar-refractivity contribution in [3.8, 4) is 5.75 Å². The van der Waals surface area contributed by atoms with Crippen molar-refractivity contribution in [2.75, 3.05) is 12.0 Å². The van der Waals surface area contributed by atoms with Gasteiger partial charge in [-0.2, -0.15) is 5.10 Å². The third-order valence-electron chi connectivity index (χ3n) is 2.44. The van der Waals surface area contributed by atoms with Crippen molar-refractivity contribution in [1.82, 2.24) is 9.97 Å². The van der Waals surface area contributed by atoms with Crippen molar-refractivity contribution >= 4 is 12.0 Å². The molecule has 6 nitrogen and oxygen atoms in total. The number of aromatic amines is 1. The molecule has 0 radical (unpaired) electrons. The Hall–Kier alpha value is -2.63. The fraction of sp³-hybridized carbons (Fsp3) is 0.214. The molecule has 2 rings (SSSR count). The lowest BCUT2D eigenvalue weighted by atomic mass is 10.2. The van der Waals surface area contributed by atoms with E-state index in [-0.39, 0.29) is 0 Å². The number of nitrogens with one attached hydrogen (secondary N) is 2. The summed E-state index contributed by atoms with van der Waals surface area (Å²) in [6.45, 7) is 2.72. The van der Waals surface area contributed by atoms with Gasteiger partial charge in [0.2, 0.25) is 0 Å². The maximum absolute atomic E-state index is 11.0. The van der Waals surface area contributed by atoms with E-state index in [1.165, 1.54) is 6.20 Å². The van der Waals surface area contributed by atoms with Gasteiger partial charge >= 0.3 is 5.69 Å². The zero-order chi connectivity index (χ0) is 14.2. The second-order valence-electron chi connectivity index (χ2n) is 4.04. The zero-order valence-electron chi connectivity index (χ0n) is 11.2. The van der Waals surface area contributed by atoms with Gasteiger partial charge < -0.3 is 4.74 Å². The summed E-state index contributed by atoms with van der Waals surface area (Å²) in [7, 11) is 0. The SMILES string of the molecule is CCCOc1ccccc1/C=N\Nc1ccnc(=O)[nH]1. The van der Waals surface area contributed by atoms with Gasteiger partial charge in [0.15, 0.2) is 0 Å². The molecule has 0 fully saturated rings. The number of H-pyrrole nitrogens is 1. The number of aromatic nitrogens is 2. The van der Waals surface area contributed by atoms with Crippen molar-refractivity contribution in [1.29, 1.82) is 0 Å². The van der Waals surface area contributed by atoms with E-state index in [1.54, 1.807) is 12.3 Å². The van der Waals surface area contributed by atoms with Gasteiger partial charge in [-0.05, 0) is 24.6 Å². The van der Waals surface area contributed by atoms with Crippen LogP contribution in [0.4, 0.5) is 5.82 Å². The number of benzene rings is 1. The molecule has 20 heavy (non-hydrogen) atoms. The highest BCUT2D eigenvalue weighted by atomic mass is 16.5. The molecule has 1 aromatic carbocycles. The maximum Gasteiger partial charge on any atom is 0.346 e. The average molecular weight is 272 g/mol. The molecule has 0 atom stereocenters. The minimum absolute atomic E-state index is 0.420. The van der Waals surface area contributed by atoms with Gasteiger partial charge in [-0.1, -0.05) is 19.1 Å². The quantitative estimate of drug-likeness (QED) is 0.622. The molecule has 0 bridgehead atoms. The van der Waals surface area contributed by atoms with Gasteiger partial charge in [0.05, 0.1) is 12.8 Å². The number of ether oxygens (including phenoxy) is 1. The molecule has 2 aromatic rings. The van der Waals surface area contributed by atoms with E-state index in [4.69, 9.17) is 4.74 Å². The van der Waals surface area contributed by atoms with Crippen molar-refractivity contribution in [3.05, 3.63) is 52.6 Å². The van der Waals surface area contributed by atoms with Crippen molar-refractivity contribution in [2.24, 2.45) is 5.10 Å². The summed E-state index contributed by atoms with van der Waals surface area (Å²) in [5.41, 5.74) is 3.18.